The molecular weight excluding hydrogens is 290 g/mol. The fourth-order valence-electron chi connectivity index (χ4n) is 2.23. The van der Waals surface area contributed by atoms with Crippen LogP contribution in [0, 0.1) is 0 Å². The predicted molar refractivity (Wildman–Crippen MR) is 82.3 cm³/mol. The molecule has 0 amide bonds. The molecule has 0 bridgehead atoms. The Morgan fingerprint density at radius 2 is 2.10 bits per heavy atom. The number of halogens is 1. The van der Waals surface area contributed by atoms with Crippen molar-refractivity contribution in [3.63, 3.8) is 0 Å². The molecule has 0 saturated heterocycles. The topological polar surface area (TPSA) is 60.2 Å². The molecule has 2 aromatic rings. The maximum Gasteiger partial charge on any atom is 0.246 e. The summed E-state index contributed by atoms with van der Waals surface area (Å²) in [6.45, 7) is 4.54. The summed E-state index contributed by atoms with van der Waals surface area (Å²) in [5.41, 5.74) is 0.434. The summed E-state index contributed by atoms with van der Waals surface area (Å²) >= 11 is 5.94. The highest BCUT2D eigenvalue weighted by molar-refractivity contribution is 6.30. The molecule has 0 unspecified atom stereocenters. The number of aromatic nitrogens is 2. The largest absolute Gasteiger partial charge is 0.376 e. The van der Waals surface area contributed by atoms with Crippen LogP contribution in [0.3, 0.4) is 0 Å². The van der Waals surface area contributed by atoms with Crippen molar-refractivity contribution < 1.29 is 9.26 Å². The van der Waals surface area contributed by atoms with Crippen molar-refractivity contribution in [1.82, 2.24) is 10.1 Å². The van der Waals surface area contributed by atoms with Gasteiger partial charge in [-0.3, -0.25) is 0 Å². The van der Waals surface area contributed by atoms with Crippen LogP contribution in [-0.4, -0.2) is 17.3 Å². The van der Waals surface area contributed by atoms with Gasteiger partial charge in [0.05, 0.1) is 6.54 Å². The molecule has 0 aliphatic heterocycles. The highest BCUT2D eigenvalue weighted by atomic mass is 35.5. The lowest BCUT2D eigenvalue weighted by atomic mass is 9.96. The fourth-order valence-corrected chi connectivity index (χ4v) is 2.42. The highest BCUT2D eigenvalue weighted by Crippen LogP contribution is 2.30. The number of rotatable bonds is 7. The van der Waals surface area contributed by atoms with Gasteiger partial charge in [0, 0.05) is 17.8 Å². The molecule has 0 aliphatic carbocycles. The lowest BCUT2D eigenvalue weighted by molar-refractivity contribution is -0.0306. The van der Waals surface area contributed by atoms with E-state index in [1.54, 1.807) is 7.11 Å². The normalized spacial score (nSPS) is 11.6. The van der Waals surface area contributed by atoms with Crippen LogP contribution in [0.4, 0.5) is 5.69 Å². The van der Waals surface area contributed by atoms with Gasteiger partial charge in [0.25, 0.3) is 0 Å². The fraction of sp³-hybridized carbons (Fsp3) is 0.467. The maximum atomic E-state index is 5.94. The standard InChI is InChI=1S/C15H20ClN3O2/c1-4-15(5-2,20-3)14-18-13(21-19-14)10-17-12-8-6-7-11(16)9-12/h6-9,17H,4-5,10H2,1-3H3. The zero-order valence-corrected chi connectivity index (χ0v) is 13.3. The Balaban J connectivity index is 2.06. The number of hydrogen-bond donors (Lipinski definition) is 1. The van der Waals surface area contributed by atoms with E-state index in [1.165, 1.54) is 0 Å². The van der Waals surface area contributed by atoms with E-state index in [-0.39, 0.29) is 0 Å². The molecule has 1 N–H and O–H groups in total. The van der Waals surface area contributed by atoms with Gasteiger partial charge < -0.3 is 14.6 Å². The average molecular weight is 310 g/mol. The molecule has 1 aromatic heterocycles. The maximum absolute atomic E-state index is 5.94. The van der Waals surface area contributed by atoms with Crippen LogP contribution in [-0.2, 0) is 16.9 Å². The first kappa shape index (κ1) is 15.8. The summed E-state index contributed by atoms with van der Waals surface area (Å²) in [5, 5.41) is 7.93. The number of anilines is 1. The van der Waals surface area contributed by atoms with Crippen LogP contribution in [0.15, 0.2) is 28.8 Å². The molecule has 0 saturated carbocycles. The predicted octanol–water partition coefficient (Wildman–Crippen LogP) is 4.00. The second-order valence-electron chi connectivity index (χ2n) is 4.78. The summed E-state index contributed by atoms with van der Waals surface area (Å²) in [7, 11) is 1.67. The molecule has 0 fully saturated rings. The minimum Gasteiger partial charge on any atom is -0.376 e. The number of ether oxygens (including phenoxy) is 1. The van der Waals surface area contributed by atoms with Crippen LogP contribution < -0.4 is 5.32 Å². The Labute approximate surface area is 129 Å². The molecule has 0 atom stereocenters. The quantitative estimate of drug-likeness (QED) is 0.837. The van der Waals surface area contributed by atoms with Crippen molar-refractivity contribution in [1.29, 1.82) is 0 Å². The second kappa shape index (κ2) is 6.91. The molecule has 0 radical (unpaired) electrons. The number of hydrogen-bond acceptors (Lipinski definition) is 5. The Morgan fingerprint density at radius 3 is 2.71 bits per heavy atom. The third-order valence-electron chi connectivity index (χ3n) is 3.68. The summed E-state index contributed by atoms with van der Waals surface area (Å²) < 4.78 is 10.9. The molecular formula is C15H20ClN3O2. The minimum atomic E-state index is -0.474. The molecule has 2 rings (SSSR count). The molecule has 0 aliphatic rings. The van der Waals surface area contributed by atoms with Crippen LogP contribution in [0.25, 0.3) is 0 Å². The van der Waals surface area contributed by atoms with Gasteiger partial charge in [0.2, 0.25) is 11.7 Å². The third kappa shape index (κ3) is 3.54. The van der Waals surface area contributed by atoms with Crippen LogP contribution in [0.1, 0.15) is 38.4 Å². The van der Waals surface area contributed by atoms with Crippen molar-refractivity contribution in [3.8, 4) is 0 Å². The van der Waals surface area contributed by atoms with Gasteiger partial charge in [-0.1, -0.05) is 36.7 Å². The van der Waals surface area contributed by atoms with Gasteiger partial charge in [0.1, 0.15) is 5.60 Å². The zero-order chi connectivity index (χ0) is 15.3. The number of nitrogens with one attached hydrogen (secondary N) is 1. The van der Waals surface area contributed by atoms with Crippen molar-refractivity contribution in [3.05, 3.63) is 41.0 Å². The van der Waals surface area contributed by atoms with Crippen LogP contribution >= 0.6 is 11.6 Å². The molecule has 21 heavy (non-hydrogen) atoms. The summed E-state index contributed by atoms with van der Waals surface area (Å²) in [6.07, 6.45) is 1.58. The minimum absolute atomic E-state index is 0.445. The monoisotopic (exact) mass is 309 g/mol. The number of nitrogens with zero attached hydrogens (tertiary/aromatic N) is 2. The third-order valence-corrected chi connectivity index (χ3v) is 3.91. The van der Waals surface area contributed by atoms with E-state index in [4.69, 9.17) is 20.9 Å². The molecule has 5 nitrogen and oxygen atoms in total. The molecule has 6 heteroatoms. The van der Waals surface area contributed by atoms with E-state index in [9.17, 15) is 0 Å². The van der Waals surface area contributed by atoms with E-state index in [0.29, 0.717) is 23.3 Å². The lowest BCUT2D eigenvalue weighted by Crippen LogP contribution is -2.28. The molecule has 1 aromatic carbocycles. The summed E-state index contributed by atoms with van der Waals surface area (Å²) in [4.78, 5) is 4.43. The Morgan fingerprint density at radius 1 is 1.33 bits per heavy atom. The number of methoxy groups -OCH3 is 1. The Kier molecular flexibility index (Phi) is 5.20. The van der Waals surface area contributed by atoms with Crippen molar-refractivity contribution in [2.75, 3.05) is 12.4 Å². The van der Waals surface area contributed by atoms with E-state index in [2.05, 4.69) is 15.5 Å². The van der Waals surface area contributed by atoms with E-state index in [0.717, 1.165) is 18.5 Å². The van der Waals surface area contributed by atoms with Gasteiger partial charge >= 0.3 is 0 Å². The van der Waals surface area contributed by atoms with E-state index < -0.39 is 5.60 Å². The first-order valence-electron chi connectivity index (χ1n) is 7.01. The van der Waals surface area contributed by atoms with Crippen molar-refractivity contribution in [2.45, 2.75) is 38.8 Å². The SMILES string of the molecule is CCC(CC)(OC)c1noc(CNc2cccc(Cl)c2)n1. The van der Waals surface area contributed by atoms with Crippen molar-refractivity contribution in [2.24, 2.45) is 0 Å². The summed E-state index contributed by atoms with van der Waals surface area (Å²) in [5.74, 6) is 1.12. The first-order valence-corrected chi connectivity index (χ1v) is 7.39. The molecule has 114 valence electrons. The van der Waals surface area contributed by atoms with Crippen molar-refractivity contribution >= 4 is 17.3 Å². The van der Waals surface area contributed by atoms with E-state index >= 15 is 0 Å². The van der Waals surface area contributed by atoms with Gasteiger partial charge in [0.15, 0.2) is 0 Å². The highest BCUT2D eigenvalue weighted by Gasteiger charge is 2.33. The average Bonchev–Trinajstić information content (AvgIpc) is 2.97. The van der Waals surface area contributed by atoms with Gasteiger partial charge in [-0.25, -0.2) is 0 Å². The van der Waals surface area contributed by atoms with Crippen LogP contribution in [0.2, 0.25) is 5.02 Å². The van der Waals surface area contributed by atoms with Gasteiger partial charge in [-0.05, 0) is 31.0 Å². The molecule has 0 spiro atoms. The number of benzene rings is 1. The second-order valence-corrected chi connectivity index (χ2v) is 5.22. The Bertz CT molecular complexity index is 574. The van der Waals surface area contributed by atoms with Gasteiger partial charge in [-0.15, -0.1) is 0 Å². The Hall–Kier alpha value is -1.59. The zero-order valence-electron chi connectivity index (χ0n) is 12.5. The van der Waals surface area contributed by atoms with E-state index in [1.807, 2.05) is 38.1 Å². The molecule has 1 heterocycles. The smallest absolute Gasteiger partial charge is 0.246 e. The van der Waals surface area contributed by atoms with Gasteiger partial charge in [-0.2, -0.15) is 4.98 Å². The lowest BCUT2D eigenvalue weighted by Gasteiger charge is -2.25. The first-order chi connectivity index (χ1) is 10.1. The van der Waals surface area contributed by atoms with Crippen LogP contribution in [0.5, 0.6) is 0 Å². The summed E-state index contributed by atoms with van der Waals surface area (Å²) in [6, 6.07) is 7.48.